The van der Waals surface area contributed by atoms with Gasteiger partial charge in [-0.2, -0.15) is 4.98 Å². The Morgan fingerprint density at radius 3 is 2.34 bits per heavy atom. The minimum Gasteiger partial charge on any atom is -0.465 e. The number of hydrogen-bond acceptors (Lipinski definition) is 7. The van der Waals surface area contributed by atoms with Gasteiger partial charge in [0, 0.05) is 54.7 Å². The van der Waals surface area contributed by atoms with Gasteiger partial charge in [0.15, 0.2) is 5.65 Å². The van der Waals surface area contributed by atoms with Crippen LogP contribution < -0.4 is 20.9 Å². The van der Waals surface area contributed by atoms with E-state index in [1.807, 2.05) is 52.0 Å². The third-order valence-electron chi connectivity index (χ3n) is 5.54. The number of urea groups is 1. The smallest absolute Gasteiger partial charge is 0.407 e. The van der Waals surface area contributed by atoms with Crippen molar-refractivity contribution in [3.63, 3.8) is 0 Å². The summed E-state index contributed by atoms with van der Waals surface area (Å²) in [5.41, 5.74) is 2.85. The zero-order chi connectivity index (χ0) is 25.2. The van der Waals surface area contributed by atoms with Gasteiger partial charge in [0.05, 0.1) is 0 Å². The molecule has 0 spiro atoms. The van der Waals surface area contributed by atoms with Crippen molar-refractivity contribution in [2.75, 3.05) is 41.7 Å². The van der Waals surface area contributed by atoms with Crippen LogP contribution in [0.1, 0.15) is 26.3 Å². The Morgan fingerprint density at radius 2 is 1.71 bits per heavy atom. The topological polar surface area (TPSA) is 136 Å². The maximum Gasteiger partial charge on any atom is 0.407 e. The summed E-state index contributed by atoms with van der Waals surface area (Å²) in [5, 5.41) is 18.7. The average molecular weight is 479 g/mol. The van der Waals surface area contributed by atoms with Gasteiger partial charge in [-0.25, -0.2) is 19.6 Å². The molecule has 3 aromatic rings. The lowest BCUT2D eigenvalue weighted by Crippen LogP contribution is -2.48. The van der Waals surface area contributed by atoms with Gasteiger partial charge in [-0.05, 0) is 63.6 Å². The van der Waals surface area contributed by atoms with Crippen molar-refractivity contribution in [1.82, 2.24) is 25.2 Å². The number of aromatic nitrogens is 3. The van der Waals surface area contributed by atoms with Crippen LogP contribution in [-0.2, 0) is 0 Å². The van der Waals surface area contributed by atoms with Crippen molar-refractivity contribution >= 4 is 46.3 Å². The number of carbonyl (C=O) groups is 2. The number of fused-ring (bicyclic) bond motifs is 1. The van der Waals surface area contributed by atoms with E-state index in [9.17, 15) is 9.59 Å². The minimum absolute atomic E-state index is 0.333. The number of nitrogens with zero attached hydrogens (tertiary/aromatic N) is 5. The van der Waals surface area contributed by atoms with E-state index in [1.54, 1.807) is 12.3 Å². The largest absolute Gasteiger partial charge is 0.465 e. The van der Waals surface area contributed by atoms with E-state index in [-0.39, 0.29) is 11.6 Å². The molecule has 1 aromatic carbocycles. The van der Waals surface area contributed by atoms with Crippen LogP contribution in [0.4, 0.5) is 32.7 Å². The molecule has 0 radical (unpaired) electrons. The van der Waals surface area contributed by atoms with Crippen LogP contribution >= 0.6 is 0 Å². The lowest BCUT2D eigenvalue weighted by atomic mass is 10.1. The third kappa shape index (κ3) is 6.05. The number of piperazine rings is 1. The zero-order valence-corrected chi connectivity index (χ0v) is 20.3. The average Bonchev–Trinajstić information content (AvgIpc) is 2.78. The molecule has 11 nitrogen and oxygen atoms in total. The number of pyridine rings is 1. The number of hydrogen-bond donors (Lipinski definition) is 4. The van der Waals surface area contributed by atoms with Gasteiger partial charge >= 0.3 is 12.1 Å². The minimum atomic E-state index is -0.875. The molecular formula is C24H30N8O3. The summed E-state index contributed by atoms with van der Waals surface area (Å²) in [6, 6.07) is 9.28. The van der Waals surface area contributed by atoms with E-state index in [0.717, 1.165) is 22.3 Å². The molecule has 1 aliphatic rings. The van der Waals surface area contributed by atoms with Crippen LogP contribution in [0.5, 0.6) is 0 Å². The summed E-state index contributed by atoms with van der Waals surface area (Å²) in [6.07, 6.45) is 0.836. The lowest BCUT2D eigenvalue weighted by Gasteiger charge is -2.34. The number of amides is 3. The van der Waals surface area contributed by atoms with Crippen LogP contribution in [0, 0.1) is 6.92 Å². The molecule has 0 aliphatic carbocycles. The highest BCUT2D eigenvalue weighted by Gasteiger charge is 2.20. The van der Waals surface area contributed by atoms with Crippen LogP contribution in [0.3, 0.4) is 0 Å². The first-order valence-electron chi connectivity index (χ1n) is 11.4. The summed E-state index contributed by atoms with van der Waals surface area (Å²) in [5.74, 6) is 0.803. The number of benzene rings is 1. The maximum absolute atomic E-state index is 12.2. The number of anilines is 4. The van der Waals surface area contributed by atoms with E-state index in [2.05, 4.69) is 35.8 Å². The van der Waals surface area contributed by atoms with Crippen molar-refractivity contribution in [2.24, 2.45) is 0 Å². The zero-order valence-electron chi connectivity index (χ0n) is 20.3. The van der Waals surface area contributed by atoms with Crippen molar-refractivity contribution in [1.29, 1.82) is 0 Å². The Labute approximate surface area is 203 Å². The molecule has 1 saturated heterocycles. The fourth-order valence-corrected chi connectivity index (χ4v) is 3.82. The molecule has 2 aromatic heterocycles. The normalized spacial score (nSPS) is 14.1. The molecule has 0 bridgehead atoms. The molecule has 184 valence electrons. The molecule has 3 heterocycles. The van der Waals surface area contributed by atoms with Gasteiger partial charge in [-0.3, -0.25) is 5.32 Å². The fraction of sp³-hybridized carbons (Fsp3) is 0.375. The van der Waals surface area contributed by atoms with E-state index in [1.165, 1.54) is 4.90 Å². The first-order chi connectivity index (χ1) is 16.6. The van der Waals surface area contributed by atoms with Gasteiger partial charge in [0.2, 0.25) is 5.95 Å². The molecular weight excluding hydrogens is 448 g/mol. The van der Waals surface area contributed by atoms with Gasteiger partial charge in [-0.1, -0.05) is 0 Å². The molecule has 4 N–H and O–H groups in total. The first kappa shape index (κ1) is 24.0. The predicted molar refractivity (Wildman–Crippen MR) is 136 cm³/mol. The highest BCUT2D eigenvalue weighted by molar-refractivity contribution is 5.91. The Morgan fingerprint density at radius 1 is 1.03 bits per heavy atom. The number of rotatable bonds is 4. The van der Waals surface area contributed by atoms with Gasteiger partial charge in [0.25, 0.3) is 0 Å². The number of aryl methyl sites for hydroxylation is 1. The number of nitrogens with one attached hydrogen (secondary N) is 3. The predicted octanol–water partition coefficient (Wildman–Crippen LogP) is 3.80. The van der Waals surface area contributed by atoms with E-state index >= 15 is 0 Å². The van der Waals surface area contributed by atoms with Crippen molar-refractivity contribution in [3.05, 3.63) is 42.1 Å². The quantitative estimate of drug-likeness (QED) is 0.445. The van der Waals surface area contributed by atoms with Gasteiger partial charge in [-0.15, -0.1) is 0 Å². The second-order valence-corrected chi connectivity index (χ2v) is 9.51. The van der Waals surface area contributed by atoms with Crippen LogP contribution in [-0.4, -0.2) is 68.8 Å². The van der Waals surface area contributed by atoms with Crippen molar-refractivity contribution < 1.29 is 14.7 Å². The van der Waals surface area contributed by atoms with Gasteiger partial charge in [0.1, 0.15) is 5.82 Å². The molecule has 3 amide bonds. The standard InChI is InChI=1S/C24H30N8O3/c1-15-13-19(28-22(33)30-24(2,3)4)27-20-18(15)14-25-21(29-20)26-16-5-7-17(8-6-16)31-9-11-32(12-10-31)23(34)35/h5-8,13-14H,9-12H2,1-4H3,(H,34,35)(H3,25,26,27,28,29,30,33). The monoisotopic (exact) mass is 478 g/mol. The Bertz CT molecular complexity index is 1230. The second-order valence-electron chi connectivity index (χ2n) is 9.51. The third-order valence-corrected chi connectivity index (χ3v) is 5.54. The summed E-state index contributed by atoms with van der Waals surface area (Å²) < 4.78 is 0. The second kappa shape index (κ2) is 9.61. The van der Waals surface area contributed by atoms with E-state index in [0.29, 0.717) is 43.6 Å². The Kier molecular flexibility index (Phi) is 6.59. The molecule has 1 aliphatic heterocycles. The molecule has 4 rings (SSSR count). The van der Waals surface area contributed by atoms with Crippen LogP contribution in [0.15, 0.2) is 36.5 Å². The molecule has 11 heteroatoms. The molecule has 0 atom stereocenters. The Hall–Kier alpha value is -4.15. The van der Waals surface area contributed by atoms with Gasteiger partial charge < -0.3 is 25.5 Å². The highest BCUT2D eigenvalue weighted by atomic mass is 16.4. The number of carbonyl (C=O) groups excluding carboxylic acids is 1. The molecule has 0 unspecified atom stereocenters. The first-order valence-corrected chi connectivity index (χ1v) is 11.4. The molecule has 35 heavy (non-hydrogen) atoms. The van der Waals surface area contributed by atoms with E-state index < -0.39 is 6.09 Å². The SMILES string of the molecule is Cc1cc(NC(=O)NC(C)(C)C)nc2nc(Nc3ccc(N4CCN(C(=O)O)CC4)cc3)ncc12. The van der Waals surface area contributed by atoms with E-state index in [4.69, 9.17) is 5.11 Å². The number of carboxylic acid groups (broad SMARTS) is 1. The fourth-order valence-electron chi connectivity index (χ4n) is 3.82. The summed E-state index contributed by atoms with van der Waals surface area (Å²) in [7, 11) is 0. The van der Waals surface area contributed by atoms with Crippen LogP contribution in [0.25, 0.3) is 11.0 Å². The Balaban J connectivity index is 1.45. The van der Waals surface area contributed by atoms with Crippen molar-refractivity contribution in [3.8, 4) is 0 Å². The summed E-state index contributed by atoms with van der Waals surface area (Å²) in [4.78, 5) is 40.3. The summed E-state index contributed by atoms with van der Waals surface area (Å²) in [6.45, 7) is 9.92. The highest BCUT2D eigenvalue weighted by Crippen LogP contribution is 2.23. The lowest BCUT2D eigenvalue weighted by molar-refractivity contribution is 0.142. The summed E-state index contributed by atoms with van der Waals surface area (Å²) >= 11 is 0. The van der Waals surface area contributed by atoms with Crippen LogP contribution in [0.2, 0.25) is 0 Å². The van der Waals surface area contributed by atoms with Crippen molar-refractivity contribution in [2.45, 2.75) is 33.2 Å². The molecule has 0 saturated carbocycles. The molecule has 1 fully saturated rings. The maximum atomic E-state index is 12.2.